The Kier molecular flexibility index (Phi) is 4.85. The molecule has 2 amide bonds. The molecule has 0 spiro atoms. The molecule has 2 fully saturated rings. The van der Waals surface area contributed by atoms with Crippen molar-refractivity contribution in [3.05, 3.63) is 0 Å². The third-order valence-electron chi connectivity index (χ3n) is 3.18. The monoisotopic (exact) mass is 273 g/mol. The predicted molar refractivity (Wildman–Crippen MR) is 69.5 cm³/mol. The minimum atomic E-state index is -0.495. The first-order valence-corrected chi connectivity index (χ1v) is 7.30. The van der Waals surface area contributed by atoms with E-state index < -0.39 is 6.04 Å². The van der Waals surface area contributed by atoms with Gasteiger partial charge < -0.3 is 20.3 Å². The first-order valence-electron chi connectivity index (χ1n) is 6.15. The van der Waals surface area contributed by atoms with Crippen LogP contribution in [0.5, 0.6) is 0 Å². The molecule has 2 atom stereocenters. The summed E-state index contributed by atoms with van der Waals surface area (Å²) >= 11 is 1.77. The summed E-state index contributed by atoms with van der Waals surface area (Å²) in [5, 5.41) is 5.79. The Morgan fingerprint density at radius 3 is 3.00 bits per heavy atom. The van der Waals surface area contributed by atoms with Gasteiger partial charge in [0.15, 0.2) is 0 Å². The fourth-order valence-corrected chi connectivity index (χ4v) is 3.10. The van der Waals surface area contributed by atoms with Gasteiger partial charge in [-0.15, -0.1) is 0 Å². The van der Waals surface area contributed by atoms with Crippen molar-refractivity contribution in [3.8, 4) is 0 Å². The van der Waals surface area contributed by atoms with Crippen molar-refractivity contribution >= 4 is 23.6 Å². The zero-order valence-electron chi connectivity index (χ0n) is 10.5. The summed E-state index contributed by atoms with van der Waals surface area (Å²) in [7, 11) is 1.58. The molecule has 2 unspecified atom stereocenters. The van der Waals surface area contributed by atoms with E-state index in [1.807, 2.05) is 0 Å². The largest absolute Gasteiger partial charge is 0.377 e. The molecule has 2 rings (SSSR count). The Balaban J connectivity index is 2.03. The van der Waals surface area contributed by atoms with Crippen LogP contribution in [0.4, 0.5) is 0 Å². The Hall–Kier alpha value is -0.790. The highest BCUT2D eigenvalue weighted by atomic mass is 32.2. The summed E-state index contributed by atoms with van der Waals surface area (Å²) in [5.74, 6) is 1.66. The molecular weight excluding hydrogens is 254 g/mol. The predicted octanol–water partition coefficient (Wildman–Crippen LogP) is -1.34. The van der Waals surface area contributed by atoms with Gasteiger partial charge in [-0.1, -0.05) is 0 Å². The number of thioether (sulfide) groups is 1. The molecule has 0 aromatic carbocycles. The number of likely N-dealkylation sites (N-methyl/N-ethyl adjacent to an activating group) is 1. The fourth-order valence-electron chi connectivity index (χ4n) is 2.18. The second kappa shape index (κ2) is 6.40. The summed E-state index contributed by atoms with van der Waals surface area (Å²) in [6.45, 7) is 2.11. The van der Waals surface area contributed by atoms with Crippen molar-refractivity contribution in [2.75, 3.05) is 44.9 Å². The molecule has 102 valence electrons. The summed E-state index contributed by atoms with van der Waals surface area (Å²) in [5.41, 5.74) is 0. The van der Waals surface area contributed by atoms with Crippen LogP contribution in [0.2, 0.25) is 0 Å². The number of nitrogens with zero attached hydrogens (tertiary/aromatic N) is 1. The average Bonchev–Trinajstić information content (AvgIpc) is 2.46. The second-order valence-corrected chi connectivity index (χ2v) is 5.47. The number of ether oxygens (including phenoxy) is 1. The summed E-state index contributed by atoms with van der Waals surface area (Å²) in [6, 6.07) is -0.668. The van der Waals surface area contributed by atoms with Gasteiger partial charge in [-0.3, -0.25) is 9.59 Å². The molecule has 0 bridgehead atoms. The van der Waals surface area contributed by atoms with E-state index in [2.05, 4.69) is 10.6 Å². The highest BCUT2D eigenvalue weighted by Crippen LogP contribution is 2.14. The van der Waals surface area contributed by atoms with E-state index in [0.29, 0.717) is 13.2 Å². The third kappa shape index (κ3) is 2.96. The maximum absolute atomic E-state index is 12.4. The van der Waals surface area contributed by atoms with E-state index in [-0.39, 0.29) is 24.5 Å². The number of rotatable bonds is 2. The summed E-state index contributed by atoms with van der Waals surface area (Å²) < 4.78 is 5.29. The number of morpholine rings is 1. The molecule has 2 saturated heterocycles. The van der Waals surface area contributed by atoms with Gasteiger partial charge in [0, 0.05) is 31.6 Å². The zero-order chi connectivity index (χ0) is 13.0. The van der Waals surface area contributed by atoms with Gasteiger partial charge in [0.05, 0.1) is 19.3 Å². The lowest BCUT2D eigenvalue weighted by Gasteiger charge is -2.37. The quantitative estimate of drug-likeness (QED) is 0.652. The normalized spacial score (nSPS) is 28.8. The van der Waals surface area contributed by atoms with Crippen molar-refractivity contribution in [1.29, 1.82) is 0 Å². The number of carbonyl (C=O) groups excluding carboxylic acids is 2. The molecule has 2 aliphatic heterocycles. The molecule has 2 N–H and O–H groups in total. The van der Waals surface area contributed by atoms with Crippen LogP contribution in [0.25, 0.3) is 0 Å². The van der Waals surface area contributed by atoms with E-state index >= 15 is 0 Å². The maximum atomic E-state index is 12.4. The highest BCUT2D eigenvalue weighted by Gasteiger charge is 2.36. The van der Waals surface area contributed by atoms with Crippen LogP contribution in [0, 0.1) is 0 Å². The SMILES string of the molecule is CNC(=O)C1COCCN1C(=O)C1CSCCN1. The van der Waals surface area contributed by atoms with Crippen LogP contribution in [-0.2, 0) is 14.3 Å². The molecule has 2 aliphatic rings. The van der Waals surface area contributed by atoms with Gasteiger partial charge in [-0.25, -0.2) is 0 Å². The van der Waals surface area contributed by atoms with E-state index in [4.69, 9.17) is 4.74 Å². The van der Waals surface area contributed by atoms with Crippen LogP contribution in [0.15, 0.2) is 0 Å². The molecule has 6 nitrogen and oxygen atoms in total. The summed E-state index contributed by atoms with van der Waals surface area (Å²) in [6.07, 6.45) is 0. The number of amides is 2. The first kappa shape index (κ1) is 13.6. The average molecular weight is 273 g/mol. The Morgan fingerprint density at radius 1 is 1.50 bits per heavy atom. The number of carbonyl (C=O) groups is 2. The van der Waals surface area contributed by atoms with E-state index in [9.17, 15) is 9.59 Å². The molecule has 0 radical (unpaired) electrons. The van der Waals surface area contributed by atoms with Gasteiger partial charge >= 0.3 is 0 Å². The molecule has 7 heteroatoms. The number of hydrogen-bond acceptors (Lipinski definition) is 5. The maximum Gasteiger partial charge on any atom is 0.244 e. The Morgan fingerprint density at radius 2 is 2.33 bits per heavy atom. The standard InChI is InChI=1S/C11H19N3O3S/c1-12-10(15)9-6-17-4-3-14(9)11(16)8-7-18-5-2-13-8/h8-9,13H,2-7H2,1H3,(H,12,15). The highest BCUT2D eigenvalue weighted by molar-refractivity contribution is 7.99. The van der Waals surface area contributed by atoms with Gasteiger partial charge in [0.1, 0.15) is 6.04 Å². The Bertz CT molecular complexity index is 321. The van der Waals surface area contributed by atoms with E-state index in [1.165, 1.54) is 0 Å². The smallest absolute Gasteiger partial charge is 0.244 e. The molecule has 0 aromatic rings. The van der Waals surface area contributed by atoms with Gasteiger partial charge in [-0.2, -0.15) is 11.8 Å². The number of hydrogen-bond donors (Lipinski definition) is 2. The molecule has 0 aliphatic carbocycles. The van der Waals surface area contributed by atoms with Crippen LogP contribution in [-0.4, -0.2) is 73.7 Å². The zero-order valence-corrected chi connectivity index (χ0v) is 11.3. The van der Waals surface area contributed by atoms with Gasteiger partial charge in [-0.05, 0) is 0 Å². The minimum absolute atomic E-state index is 0.0131. The molecule has 0 saturated carbocycles. The minimum Gasteiger partial charge on any atom is -0.377 e. The van der Waals surface area contributed by atoms with Gasteiger partial charge in [0.2, 0.25) is 11.8 Å². The van der Waals surface area contributed by atoms with Crippen molar-refractivity contribution in [1.82, 2.24) is 15.5 Å². The Labute approximate surface area is 111 Å². The first-order chi connectivity index (χ1) is 8.74. The van der Waals surface area contributed by atoms with Crippen molar-refractivity contribution in [3.63, 3.8) is 0 Å². The molecule has 0 aromatic heterocycles. The van der Waals surface area contributed by atoms with E-state index in [1.54, 1.807) is 23.7 Å². The fraction of sp³-hybridized carbons (Fsp3) is 0.818. The summed E-state index contributed by atoms with van der Waals surface area (Å²) in [4.78, 5) is 25.8. The lowest BCUT2D eigenvalue weighted by atomic mass is 10.1. The van der Waals surface area contributed by atoms with Crippen LogP contribution >= 0.6 is 11.8 Å². The van der Waals surface area contributed by atoms with Crippen molar-refractivity contribution in [2.45, 2.75) is 12.1 Å². The van der Waals surface area contributed by atoms with Crippen LogP contribution in [0.3, 0.4) is 0 Å². The second-order valence-electron chi connectivity index (χ2n) is 4.32. The topological polar surface area (TPSA) is 70.7 Å². The van der Waals surface area contributed by atoms with Crippen molar-refractivity contribution < 1.29 is 14.3 Å². The number of nitrogens with one attached hydrogen (secondary N) is 2. The molecule has 2 heterocycles. The van der Waals surface area contributed by atoms with Gasteiger partial charge in [0.25, 0.3) is 0 Å². The van der Waals surface area contributed by atoms with Crippen LogP contribution < -0.4 is 10.6 Å². The lowest BCUT2D eigenvalue weighted by Crippen LogP contribution is -2.60. The molecular formula is C11H19N3O3S. The van der Waals surface area contributed by atoms with Crippen LogP contribution in [0.1, 0.15) is 0 Å². The van der Waals surface area contributed by atoms with E-state index in [0.717, 1.165) is 18.1 Å². The third-order valence-corrected chi connectivity index (χ3v) is 4.24. The lowest BCUT2D eigenvalue weighted by molar-refractivity contribution is -0.149. The molecule has 18 heavy (non-hydrogen) atoms. The van der Waals surface area contributed by atoms with Crippen molar-refractivity contribution in [2.24, 2.45) is 0 Å².